The summed E-state index contributed by atoms with van der Waals surface area (Å²) < 4.78 is 7.85. The van der Waals surface area contributed by atoms with Gasteiger partial charge in [-0.25, -0.2) is 9.78 Å². The van der Waals surface area contributed by atoms with E-state index in [2.05, 4.69) is 25.9 Å². The van der Waals surface area contributed by atoms with Crippen LogP contribution in [-0.2, 0) is 20.9 Å². The van der Waals surface area contributed by atoms with Crippen molar-refractivity contribution in [2.24, 2.45) is 0 Å². The van der Waals surface area contributed by atoms with E-state index in [0.29, 0.717) is 41.9 Å². The topological polar surface area (TPSA) is 118 Å². The number of nitrogens with zero attached hydrogens (tertiary/aromatic N) is 3. The van der Waals surface area contributed by atoms with Crippen molar-refractivity contribution in [3.63, 3.8) is 0 Å². The van der Waals surface area contributed by atoms with Crippen LogP contribution in [0.3, 0.4) is 0 Å². The fourth-order valence-electron chi connectivity index (χ4n) is 4.59. The van der Waals surface area contributed by atoms with E-state index >= 15 is 0 Å². The molecule has 1 aliphatic heterocycles. The van der Waals surface area contributed by atoms with Crippen molar-refractivity contribution < 1.29 is 24.2 Å². The summed E-state index contributed by atoms with van der Waals surface area (Å²) in [6, 6.07) is 6.51. The molecule has 1 aromatic carbocycles. The zero-order chi connectivity index (χ0) is 26.0. The van der Waals surface area contributed by atoms with Crippen LogP contribution in [0.2, 0.25) is 0 Å². The lowest BCUT2D eigenvalue weighted by Crippen LogP contribution is -2.31. The number of nitrogens with one attached hydrogen (secondary N) is 1. The van der Waals surface area contributed by atoms with Crippen LogP contribution in [0.15, 0.2) is 53.0 Å². The Morgan fingerprint density at radius 1 is 1.19 bits per heavy atom. The van der Waals surface area contributed by atoms with E-state index < -0.39 is 23.7 Å². The number of imidazole rings is 1. The quantitative estimate of drug-likeness (QED) is 0.186. The molecule has 0 unspecified atom stereocenters. The number of carbonyl (C=O) groups excluding carboxylic acids is 3. The molecule has 1 fully saturated rings. The number of ether oxygens (including phenoxy) is 1. The number of carbonyl (C=O) groups is 3. The maximum absolute atomic E-state index is 13.3. The van der Waals surface area contributed by atoms with Gasteiger partial charge in [0, 0.05) is 41.2 Å². The first-order chi connectivity index (χ1) is 17.2. The number of hydrogen-bond donors (Lipinski definition) is 2. The van der Waals surface area contributed by atoms with Crippen molar-refractivity contribution in [3.05, 3.63) is 81.1 Å². The van der Waals surface area contributed by atoms with Crippen LogP contribution in [0.5, 0.6) is 0 Å². The van der Waals surface area contributed by atoms with Crippen molar-refractivity contribution in [2.45, 2.75) is 39.8 Å². The summed E-state index contributed by atoms with van der Waals surface area (Å²) >= 11 is 3.42. The number of aromatic amines is 1. The van der Waals surface area contributed by atoms with Gasteiger partial charge in [0.25, 0.3) is 11.7 Å². The third-order valence-corrected chi connectivity index (χ3v) is 6.78. The molecule has 3 heterocycles. The molecule has 0 aliphatic carbocycles. The lowest BCUT2D eigenvalue weighted by Gasteiger charge is -2.25. The highest BCUT2D eigenvalue weighted by Gasteiger charge is 2.46. The fraction of sp³-hybridized carbons (Fsp3) is 0.308. The van der Waals surface area contributed by atoms with Gasteiger partial charge in [-0.05, 0) is 50.5 Å². The zero-order valence-electron chi connectivity index (χ0n) is 20.2. The Balaban J connectivity index is 1.78. The summed E-state index contributed by atoms with van der Waals surface area (Å²) in [6.07, 6.45) is 5.80. The average molecular weight is 555 g/mol. The molecule has 1 amide bonds. The first-order valence-electron chi connectivity index (χ1n) is 11.6. The van der Waals surface area contributed by atoms with Gasteiger partial charge in [-0.1, -0.05) is 28.1 Å². The summed E-state index contributed by atoms with van der Waals surface area (Å²) in [7, 11) is 0. The molecule has 1 atom stereocenters. The molecule has 1 aliphatic rings. The summed E-state index contributed by atoms with van der Waals surface area (Å²) in [5.41, 5.74) is 2.14. The van der Waals surface area contributed by atoms with Gasteiger partial charge in [0.15, 0.2) is 0 Å². The molecule has 0 spiro atoms. The Labute approximate surface area is 216 Å². The smallest absolute Gasteiger partial charge is 0.355 e. The third-order valence-electron chi connectivity index (χ3n) is 6.25. The second kappa shape index (κ2) is 10.5. The van der Waals surface area contributed by atoms with Crippen LogP contribution in [0.25, 0.3) is 5.76 Å². The van der Waals surface area contributed by atoms with E-state index in [1.54, 1.807) is 33.3 Å². The molecule has 0 saturated carbocycles. The SMILES string of the molecule is CCOC(=O)c1[nH]c(C)c(/C(O)=C2\C(=O)C(=O)N(CCCn3ccnc3)[C@H]2c2ccc(Br)cc2)c1C. The van der Waals surface area contributed by atoms with Crippen LogP contribution in [-0.4, -0.2) is 55.4 Å². The third kappa shape index (κ3) is 4.73. The molecule has 2 aromatic heterocycles. The van der Waals surface area contributed by atoms with Gasteiger partial charge < -0.3 is 24.3 Å². The minimum absolute atomic E-state index is 0.00874. The molecule has 1 saturated heterocycles. The van der Waals surface area contributed by atoms with Crippen LogP contribution in [0, 0.1) is 13.8 Å². The van der Waals surface area contributed by atoms with Crippen molar-refractivity contribution in [2.75, 3.05) is 13.2 Å². The first-order valence-corrected chi connectivity index (χ1v) is 12.4. The summed E-state index contributed by atoms with van der Waals surface area (Å²) in [5.74, 6) is -2.31. The minimum Gasteiger partial charge on any atom is -0.507 e. The number of aryl methyl sites for hydroxylation is 2. The number of aliphatic hydroxyl groups excluding tert-OH is 1. The van der Waals surface area contributed by atoms with E-state index in [1.165, 1.54) is 4.90 Å². The number of halogens is 1. The van der Waals surface area contributed by atoms with Gasteiger partial charge in [-0.2, -0.15) is 0 Å². The van der Waals surface area contributed by atoms with Crippen LogP contribution in [0.1, 0.15) is 52.3 Å². The molecule has 0 radical (unpaired) electrons. The predicted octanol–water partition coefficient (Wildman–Crippen LogP) is 4.28. The number of hydrogen-bond acceptors (Lipinski definition) is 6. The second-order valence-electron chi connectivity index (χ2n) is 8.54. The Morgan fingerprint density at radius 3 is 2.56 bits per heavy atom. The molecule has 10 heteroatoms. The molecular formula is C26H27BrN4O5. The van der Waals surface area contributed by atoms with E-state index in [-0.39, 0.29) is 23.6 Å². The monoisotopic (exact) mass is 554 g/mol. The lowest BCUT2D eigenvalue weighted by molar-refractivity contribution is -0.139. The first kappa shape index (κ1) is 25.4. The van der Waals surface area contributed by atoms with E-state index in [0.717, 1.165) is 4.47 Å². The number of aliphatic hydroxyl groups is 1. The van der Waals surface area contributed by atoms with E-state index in [1.807, 2.05) is 35.0 Å². The number of rotatable bonds is 8. The summed E-state index contributed by atoms with van der Waals surface area (Å²) in [6.45, 7) is 6.19. The minimum atomic E-state index is -0.777. The maximum Gasteiger partial charge on any atom is 0.355 e. The van der Waals surface area contributed by atoms with Crippen molar-refractivity contribution in [1.82, 2.24) is 19.4 Å². The molecular weight excluding hydrogens is 528 g/mol. The van der Waals surface area contributed by atoms with Crippen LogP contribution in [0.4, 0.5) is 0 Å². The molecule has 3 aromatic rings. The number of aromatic nitrogens is 3. The normalized spacial score (nSPS) is 17.1. The highest BCUT2D eigenvalue weighted by Crippen LogP contribution is 2.41. The van der Waals surface area contributed by atoms with Gasteiger partial charge in [-0.15, -0.1) is 0 Å². The van der Waals surface area contributed by atoms with E-state index in [9.17, 15) is 19.5 Å². The van der Waals surface area contributed by atoms with Gasteiger partial charge >= 0.3 is 5.97 Å². The predicted molar refractivity (Wildman–Crippen MR) is 136 cm³/mol. The molecule has 188 valence electrons. The number of H-pyrrole nitrogens is 1. The number of esters is 1. The molecule has 2 N–H and O–H groups in total. The summed E-state index contributed by atoms with van der Waals surface area (Å²) in [5, 5.41) is 11.5. The maximum atomic E-state index is 13.3. The molecule has 0 bridgehead atoms. The average Bonchev–Trinajstić information content (AvgIpc) is 3.53. The number of ketones is 1. The number of benzene rings is 1. The number of amides is 1. The van der Waals surface area contributed by atoms with Crippen molar-refractivity contribution >= 4 is 39.3 Å². The Hall–Kier alpha value is -3.66. The highest BCUT2D eigenvalue weighted by atomic mass is 79.9. The largest absolute Gasteiger partial charge is 0.507 e. The zero-order valence-corrected chi connectivity index (χ0v) is 21.8. The Bertz CT molecular complexity index is 1330. The van der Waals surface area contributed by atoms with Crippen LogP contribution < -0.4 is 0 Å². The van der Waals surface area contributed by atoms with Crippen molar-refractivity contribution in [3.8, 4) is 0 Å². The van der Waals surface area contributed by atoms with Crippen molar-refractivity contribution in [1.29, 1.82) is 0 Å². The second-order valence-corrected chi connectivity index (χ2v) is 9.46. The van der Waals surface area contributed by atoms with Crippen LogP contribution >= 0.6 is 15.9 Å². The standard InChI is InChI=1S/C26H27BrN4O5/c1-4-36-26(35)21-15(2)19(16(3)29-21)23(32)20-22(17-6-8-18(27)9-7-17)31(25(34)24(20)33)12-5-11-30-13-10-28-14-30/h6-10,13-14,22,29,32H,4-5,11-12H2,1-3H3/b23-20+/t22-/m0/s1. The number of Topliss-reactive ketones (excluding diaryl/α,β-unsaturated/α-hetero) is 1. The van der Waals surface area contributed by atoms with Gasteiger partial charge in [0.1, 0.15) is 11.5 Å². The highest BCUT2D eigenvalue weighted by molar-refractivity contribution is 9.10. The number of likely N-dealkylation sites (tertiary alicyclic amines) is 1. The molecule has 9 nitrogen and oxygen atoms in total. The lowest BCUT2D eigenvalue weighted by atomic mass is 9.94. The molecule has 4 rings (SSSR count). The Kier molecular flexibility index (Phi) is 7.44. The summed E-state index contributed by atoms with van der Waals surface area (Å²) in [4.78, 5) is 47.4. The van der Waals surface area contributed by atoms with Gasteiger partial charge in [-0.3, -0.25) is 9.59 Å². The van der Waals surface area contributed by atoms with Gasteiger partial charge in [0.05, 0.1) is 24.5 Å². The van der Waals surface area contributed by atoms with Gasteiger partial charge in [0.2, 0.25) is 0 Å². The Morgan fingerprint density at radius 2 is 1.92 bits per heavy atom. The van der Waals surface area contributed by atoms with E-state index in [4.69, 9.17) is 4.74 Å². The fourth-order valence-corrected chi connectivity index (χ4v) is 4.86. The molecule has 36 heavy (non-hydrogen) atoms.